The summed E-state index contributed by atoms with van der Waals surface area (Å²) < 4.78 is 16.7. The summed E-state index contributed by atoms with van der Waals surface area (Å²) in [7, 11) is 0. The molecule has 0 bridgehead atoms. The summed E-state index contributed by atoms with van der Waals surface area (Å²) in [5.74, 6) is -0.293. The fourth-order valence-electron chi connectivity index (χ4n) is 3.50. The van der Waals surface area contributed by atoms with Crippen LogP contribution in [0.4, 0.5) is 4.39 Å². The molecule has 0 N–H and O–H groups in total. The summed E-state index contributed by atoms with van der Waals surface area (Å²) in [5, 5.41) is 13.2. The Morgan fingerprint density at radius 1 is 1.04 bits per heavy atom. The number of pyridine rings is 1. The Balaban J connectivity index is 1.90. The number of halogens is 1. The maximum absolute atomic E-state index is 13.3. The van der Waals surface area contributed by atoms with Gasteiger partial charge in [-0.3, -0.25) is 4.79 Å². The lowest BCUT2D eigenvalue weighted by Crippen LogP contribution is -2.21. The smallest absolute Gasteiger partial charge is 0.280 e. The average molecular weight is 379 g/mol. The lowest BCUT2D eigenvalue weighted by Gasteiger charge is -2.07. The van der Waals surface area contributed by atoms with Gasteiger partial charge in [-0.15, -0.1) is 10.2 Å². The molecule has 0 saturated heterocycles. The Morgan fingerprint density at radius 3 is 2.54 bits per heavy atom. The molecule has 7 heteroatoms. The van der Waals surface area contributed by atoms with Crippen molar-refractivity contribution in [1.82, 2.24) is 24.4 Å². The van der Waals surface area contributed by atoms with Crippen molar-refractivity contribution >= 4 is 16.7 Å². The van der Waals surface area contributed by atoms with Gasteiger partial charge in [0.2, 0.25) is 0 Å². The van der Waals surface area contributed by atoms with E-state index in [1.54, 1.807) is 27.4 Å². The van der Waals surface area contributed by atoms with Crippen molar-refractivity contribution in [3.63, 3.8) is 0 Å². The van der Waals surface area contributed by atoms with E-state index in [4.69, 9.17) is 0 Å². The third-order valence-corrected chi connectivity index (χ3v) is 5.00. The van der Waals surface area contributed by atoms with Gasteiger partial charge in [0.15, 0.2) is 11.2 Å². The first kappa shape index (κ1) is 18.3. The second-order valence-corrected chi connectivity index (χ2v) is 6.87. The molecule has 0 amide bonds. The summed E-state index contributed by atoms with van der Waals surface area (Å²) in [6.07, 6.45) is 5.61. The van der Waals surface area contributed by atoms with E-state index < -0.39 is 0 Å². The van der Waals surface area contributed by atoms with Gasteiger partial charge in [-0.1, -0.05) is 38.8 Å². The van der Waals surface area contributed by atoms with Crippen LogP contribution in [0, 0.1) is 5.82 Å². The molecule has 4 rings (SSSR count). The Labute approximate surface area is 161 Å². The third-order valence-electron chi connectivity index (χ3n) is 5.00. The number of hydrogen-bond acceptors (Lipinski definition) is 4. The van der Waals surface area contributed by atoms with Gasteiger partial charge in [0.05, 0.1) is 11.3 Å². The molecule has 0 atom stereocenters. The van der Waals surface area contributed by atoms with Gasteiger partial charge in [0, 0.05) is 12.7 Å². The van der Waals surface area contributed by atoms with Crippen molar-refractivity contribution in [3.05, 3.63) is 58.4 Å². The van der Waals surface area contributed by atoms with Crippen LogP contribution in [-0.2, 0) is 13.0 Å². The average Bonchev–Trinajstić information content (AvgIpc) is 3.09. The molecule has 6 nitrogen and oxygen atoms in total. The summed E-state index contributed by atoms with van der Waals surface area (Å²) in [4.78, 5) is 12.8. The van der Waals surface area contributed by atoms with Crippen LogP contribution in [0.2, 0.25) is 0 Å². The molecule has 3 aromatic heterocycles. The molecule has 0 fully saturated rings. The SMILES string of the molecule is CCCCCn1ccc2c(nnc3c(-c4ccc(F)cc4)c(CC)nn32)c1=O. The fourth-order valence-corrected chi connectivity index (χ4v) is 3.50. The van der Waals surface area contributed by atoms with Crippen LogP contribution in [0.15, 0.2) is 41.3 Å². The molecule has 3 heterocycles. The van der Waals surface area contributed by atoms with Crippen molar-refractivity contribution in [2.45, 2.75) is 46.1 Å². The number of aryl methyl sites for hydroxylation is 2. The standard InChI is InChI=1S/C21H22FN5O/c1-3-5-6-12-26-13-11-17-19(21(26)28)23-24-20-18(16(4-2)25-27(17)20)14-7-9-15(22)10-8-14/h7-11,13H,3-6,12H2,1-2H3. The van der Waals surface area contributed by atoms with Gasteiger partial charge in [-0.25, -0.2) is 8.91 Å². The van der Waals surface area contributed by atoms with Crippen LogP contribution in [0.25, 0.3) is 27.8 Å². The monoisotopic (exact) mass is 379 g/mol. The van der Waals surface area contributed by atoms with Gasteiger partial charge in [-0.2, -0.15) is 5.10 Å². The van der Waals surface area contributed by atoms with E-state index in [0.29, 0.717) is 29.6 Å². The fraction of sp³-hybridized carbons (Fsp3) is 0.333. The topological polar surface area (TPSA) is 65.1 Å². The lowest BCUT2D eigenvalue weighted by atomic mass is 10.0. The normalized spacial score (nSPS) is 11.5. The van der Waals surface area contributed by atoms with Crippen LogP contribution in [0.1, 0.15) is 38.8 Å². The first-order chi connectivity index (χ1) is 13.6. The van der Waals surface area contributed by atoms with Crippen molar-refractivity contribution in [1.29, 1.82) is 0 Å². The second kappa shape index (κ2) is 7.50. The molecule has 0 radical (unpaired) electrons. The highest BCUT2D eigenvalue weighted by atomic mass is 19.1. The quantitative estimate of drug-likeness (QED) is 0.475. The Kier molecular flexibility index (Phi) is 4.90. The van der Waals surface area contributed by atoms with Gasteiger partial charge in [0.1, 0.15) is 11.3 Å². The zero-order valence-corrected chi connectivity index (χ0v) is 16.0. The molecule has 0 aliphatic rings. The van der Waals surface area contributed by atoms with Crippen LogP contribution >= 0.6 is 0 Å². The van der Waals surface area contributed by atoms with Gasteiger partial charge >= 0.3 is 0 Å². The molecule has 0 spiro atoms. The minimum atomic E-state index is -0.293. The third kappa shape index (κ3) is 3.06. The van der Waals surface area contributed by atoms with Crippen LogP contribution < -0.4 is 5.56 Å². The molecule has 4 aromatic rings. The van der Waals surface area contributed by atoms with Crippen LogP contribution in [0.5, 0.6) is 0 Å². The van der Waals surface area contributed by atoms with Gasteiger partial charge < -0.3 is 4.57 Å². The molecule has 0 saturated carbocycles. The Hall–Kier alpha value is -3.09. The van der Waals surface area contributed by atoms with Crippen molar-refractivity contribution in [3.8, 4) is 11.1 Å². The molecule has 28 heavy (non-hydrogen) atoms. The van der Waals surface area contributed by atoms with E-state index in [2.05, 4.69) is 22.2 Å². The number of rotatable bonds is 6. The highest BCUT2D eigenvalue weighted by Crippen LogP contribution is 2.29. The summed E-state index contributed by atoms with van der Waals surface area (Å²) >= 11 is 0. The van der Waals surface area contributed by atoms with Crippen molar-refractivity contribution < 1.29 is 4.39 Å². The molecule has 144 valence electrons. The minimum Gasteiger partial charge on any atom is -0.313 e. The van der Waals surface area contributed by atoms with E-state index in [0.717, 1.165) is 36.1 Å². The van der Waals surface area contributed by atoms with Crippen molar-refractivity contribution in [2.24, 2.45) is 0 Å². The summed E-state index contributed by atoms with van der Waals surface area (Å²) in [6.45, 7) is 4.81. The summed E-state index contributed by atoms with van der Waals surface area (Å²) in [5.41, 5.74) is 3.84. The van der Waals surface area contributed by atoms with Gasteiger partial charge in [-0.05, 0) is 36.6 Å². The minimum absolute atomic E-state index is 0.153. The zero-order valence-electron chi connectivity index (χ0n) is 16.0. The van der Waals surface area contributed by atoms with Gasteiger partial charge in [0.25, 0.3) is 5.56 Å². The van der Waals surface area contributed by atoms with E-state index >= 15 is 0 Å². The highest BCUT2D eigenvalue weighted by Gasteiger charge is 2.18. The van der Waals surface area contributed by atoms with E-state index in [9.17, 15) is 9.18 Å². The number of fused-ring (bicyclic) bond motifs is 3. The van der Waals surface area contributed by atoms with E-state index in [1.165, 1.54) is 12.1 Å². The summed E-state index contributed by atoms with van der Waals surface area (Å²) in [6, 6.07) is 8.13. The number of nitrogens with zero attached hydrogens (tertiary/aromatic N) is 5. The lowest BCUT2D eigenvalue weighted by molar-refractivity contribution is 0.589. The number of benzene rings is 1. The van der Waals surface area contributed by atoms with E-state index in [1.807, 2.05) is 13.0 Å². The molecule has 0 aliphatic carbocycles. The number of unbranched alkanes of at least 4 members (excludes halogenated alkanes) is 2. The number of hydrogen-bond donors (Lipinski definition) is 0. The maximum Gasteiger partial charge on any atom is 0.280 e. The molecule has 0 unspecified atom stereocenters. The first-order valence-electron chi connectivity index (χ1n) is 9.67. The Bertz CT molecular complexity index is 1190. The predicted octanol–water partition coefficient (Wildman–Crippen LogP) is 4.00. The molecule has 0 aliphatic heterocycles. The molecular weight excluding hydrogens is 357 g/mol. The highest BCUT2D eigenvalue weighted by molar-refractivity contribution is 5.84. The zero-order chi connectivity index (χ0) is 19.7. The predicted molar refractivity (Wildman–Crippen MR) is 107 cm³/mol. The van der Waals surface area contributed by atoms with Crippen molar-refractivity contribution in [2.75, 3.05) is 0 Å². The van der Waals surface area contributed by atoms with Crippen LogP contribution in [0.3, 0.4) is 0 Å². The Morgan fingerprint density at radius 2 is 1.82 bits per heavy atom. The van der Waals surface area contributed by atoms with E-state index in [-0.39, 0.29) is 11.4 Å². The van der Waals surface area contributed by atoms with Crippen LogP contribution in [-0.4, -0.2) is 24.4 Å². The maximum atomic E-state index is 13.3. The largest absolute Gasteiger partial charge is 0.313 e. The number of aromatic nitrogens is 5. The molecule has 1 aromatic carbocycles. The first-order valence-corrected chi connectivity index (χ1v) is 9.67. The molecular formula is C21H22FN5O. The second-order valence-electron chi connectivity index (χ2n) is 6.87.